The van der Waals surface area contributed by atoms with Crippen molar-refractivity contribution in [2.24, 2.45) is 0 Å². The fourth-order valence-electron chi connectivity index (χ4n) is 4.93. The van der Waals surface area contributed by atoms with E-state index in [0.29, 0.717) is 51.6 Å². The zero-order valence-corrected chi connectivity index (χ0v) is 26.9. The van der Waals surface area contributed by atoms with Gasteiger partial charge in [0.1, 0.15) is 28.5 Å². The van der Waals surface area contributed by atoms with E-state index < -0.39 is 17.3 Å². The smallest absolute Gasteiger partial charge is 0.410 e. The molecule has 0 atom stereocenters. The summed E-state index contributed by atoms with van der Waals surface area (Å²) in [6.45, 7) is 12.7. The summed E-state index contributed by atoms with van der Waals surface area (Å²) in [6.07, 6.45) is 2.59. The van der Waals surface area contributed by atoms with Crippen LogP contribution in [0.25, 0.3) is 22.3 Å². The number of nitrogens with zero attached hydrogens (tertiary/aromatic N) is 5. The predicted molar refractivity (Wildman–Crippen MR) is 166 cm³/mol. The van der Waals surface area contributed by atoms with E-state index in [9.17, 15) is 9.59 Å². The lowest BCUT2D eigenvalue weighted by atomic mass is 10.1. The number of hydrogen-bond donors (Lipinski definition) is 1. The maximum absolute atomic E-state index is 15.3. The third-order valence-electron chi connectivity index (χ3n) is 7.00. The number of rotatable bonds is 4. The number of alkyl carbamates (subject to hydrolysis) is 1. The number of fused-ring (bicyclic) bond motifs is 1. The molecule has 0 aromatic carbocycles. The summed E-state index contributed by atoms with van der Waals surface area (Å²) in [4.78, 5) is 42.9. The van der Waals surface area contributed by atoms with Gasteiger partial charge in [-0.25, -0.2) is 23.9 Å². The molecule has 0 unspecified atom stereocenters. The van der Waals surface area contributed by atoms with E-state index in [1.165, 1.54) is 6.07 Å². The van der Waals surface area contributed by atoms with E-state index >= 15 is 4.39 Å². The van der Waals surface area contributed by atoms with Crippen LogP contribution in [0.2, 0.25) is 0 Å². The van der Waals surface area contributed by atoms with Crippen LogP contribution in [0.4, 0.5) is 19.8 Å². The topological polar surface area (TPSA) is 110 Å². The second-order valence-corrected chi connectivity index (χ2v) is 13.9. The number of anilines is 1. The molecule has 1 N–H and O–H groups in total. The van der Waals surface area contributed by atoms with Gasteiger partial charge in [0, 0.05) is 37.3 Å². The van der Waals surface area contributed by atoms with Gasteiger partial charge < -0.3 is 19.7 Å². The predicted octanol–water partition coefficient (Wildman–Crippen LogP) is 6.05. The minimum atomic E-state index is -0.601. The molecule has 42 heavy (non-hydrogen) atoms. The SMILES string of the molecule is CC(C)(C)OC(=O)NCc1cc2nc(-c3nc(N4CCN(C(=O)OC(C)(C)C)C5(CC5)C4)cc(F)c3I)ccc2cn1. The molecule has 0 radical (unpaired) electrons. The molecule has 2 fully saturated rings. The Morgan fingerprint density at radius 3 is 2.43 bits per heavy atom. The Morgan fingerprint density at radius 1 is 1.05 bits per heavy atom. The zero-order chi connectivity index (χ0) is 30.4. The van der Waals surface area contributed by atoms with Gasteiger partial charge in [-0.15, -0.1) is 0 Å². The van der Waals surface area contributed by atoms with Gasteiger partial charge in [-0.05, 0) is 95.2 Å². The first-order valence-corrected chi connectivity index (χ1v) is 15.0. The van der Waals surface area contributed by atoms with Gasteiger partial charge in [0.05, 0.1) is 32.6 Å². The Morgan fingerprint density at radius 2 is 1.76 bits per heavy atom. The molecule has 2 aliphatic rings. The molecule has 1 aliphatic heterocycles. The summed E-state index contributed by atoms with van der Waals surface area (Å²) in [5.41, 5.74) is 0.734. The Bertz CT molecular complexity index is 1530. The van der Waals surface area contributed by atoms with Crippen molar-refractivity contribution in [3.63, 3.8) is 0 Å². The lowest BCUT2D eigenvalue weighted by molar-refractivity contribution is 0.0106. The normalized spacial score (nSPS) is 16.5. The number of piperazine rings is 1. The summed E-state index contributed by atoms with van der Waals surface area (Å²) < 4.78 is 26.6. The molecule has 1 saturated heterocycles. The summed E-state index contributed by atoms with van der Waals surface area (Å²) in [5.74, 6) is 0.130. The van der Waals surface area contributed by atoms with Crippen LogP contribution in [-0.2, 0) is 16.0 Å². The van der Waals surface area contributed by atoms with Gasteiger partial charge in [0.15, 0.2) is 0 Å². The Kier molecular flexibility index (Phi) is 7.96. The minimum absolute atomic E-state index is 0.174. The van der Waals surface area contributed by atoms with Crippen molar-refractivity contribution in [1.82, 2.24) is 25.2 Å². The molecule has 10 nitrogen and oxygen atoms in total. The van der Waals surface area contributed by atoms with Crippen molar-refractivity contribution in [2.45, 2.75) is 77.7 Å². The van der Waals surface area contributed by atoms with Crippen LogP contribution in [0.5, 0.6) is 0 Å². The third-order valence-corrected chi connectivity index (χ3v) is 8.03. The van der Waals surface area contributed by atoms with Gasteiger partial charge >= 0.3 is 12.2 Å². The highest BCUT2D eigenvalue weighted by atomic mass is 127. The van der Waals surface area contributed by atoms with E-state index in [1.807, 2.05) is 59.2 Å². The van der Waals surface area contributed by atoms with Gasteiger partial charge in [0.25, 0.3) is 0 Å². The summed E-state index contributed by atoms with van der Waals surface area (Å²) in [7, 11) is 0. The first-order chi connectivity index (χ1) is 19.6. The highest BCUT2D eigenvalue weighted by Crippen LogP contribution is 2.46. The number of carbonyl (C=O) groups excluding carboxylic acids is 2. The van der Waals surface area contributed by atoms with Crippen LogP contribution < -0.4 is 10.2 Å². The maximum Gasteiger partial charge on any atom is 0.410 e. The van der Waals surface area contributed by atoms with Gasteiger partial charge in [-0.3, -0.25) is 9.88 Å². The van der Waals surface area contributed by atoms with Gasteiger partial charge in [-0.1, -0.05) is 0 Å². The largest absolute Gasteiger partial charge is 0.444 e. The van der Waals surface area contributed by atoms with Crippen molar-refractivity contribution in [2.75, 3.05) is 24.5 Å². The van der Waals surface area contributed by atoms with Crippen molar-refractivity contribution < 1.29 is 23.5 Å². The summed E-state index contributed by atoms with van der Waals surface area (Å²) in [6, 6.07) is 6.92. The van der Waals surface area contributed by atoms with Crippen LogP contribution >= 0.6 is 22.6 Å². The quantitative estimate of drug-likeness (QED) is 0.330. The molecule has 3 aromatic rings. The fourth-order valence-corrected chi connectivity index (χ4v) is 5.48. The average Bonchev–Trinajstić information content (AvgIpc) is 3.65. The molecule has 224 valence electrons. The standard InChI is InChI=1S/C30H36FIN6O4/c1-28(2,3)41-26(39)34-16-19-13-22-18(15-33-19)7-8-21(35-22)25-24(32)20(31)14-23(36-25)37-11-12-38(30(17-37)9-10-30)27(40)42-29(4,5)6/h7-8,13-15H,9-12,16-17H2,1-6H3,(H,34,39). The lowest BCUT2D eigenvalue weighted by Gasteiger charge is -2.43. The highest BCUT2D eigenvalue weighted by molar-refractivity contribution is 14.1. The number of carbonyl (C=O) groups is 2. The van der Waals surface area contributed by atoms with E-state index in [0.717, 1.165) is 18.2 Å². The Balaban J connectivity index is 1.37. The van der Waals surface area contributed by atoms with Crippen LogP contribution in [0, 0.1) is 9.39 Å². The lowest BCUT2D eigenvalue weighted by Crippen LogP contribution is -2.58. The molecule has 12 heteroatoms. The maximum atomic E-state index is 15.3. The zero-order valence-electron chi connectivity index (χ0n) is 24.8. The first kappa shape index (κ1) is 30.2. The van der Waals surface area contributed by atoms with E-state index in [2.05, 4.69) is 10.3 Å². The van der Waals surface area contributed by atoms with Crippen LogP contribution in [0.3, 0.4) is 0 Å². The molecule has 1 aliphatic carbocycles. The first-order valence-electron chi connectivity index (χ1n) is 14.0. The number of hydrogen-bond acceptors (Lipinski definition) is 8. The average molecular weight is 691 g/mol. The second kappa shape index (κ2) is 11.1. The second-order valence-electron chi connectivity index (χ2n) is 12.8. The molecule has 2 amide bonds. The summed E-state index contributed by atoms with van der Waals surface area (Å²) in [5, 5.41) is 3.51. The van der Waals surface area contributed by atoms with Gasteiger partial charge in [-0.2, -0.15) is 0 Å². The molecule has 4 heterocycles. The summed E-state index contributed by atoms with van der Waals surface area (Å²) >= 11 is 1.96. The number of amides is 2. The minimum Gasteiger partial charge on any atom is -0.444 e. The van der Waals surface area contributed by atoms with Crippen molar-refractivity contribution in [3.8, 4) is 11.4 Å². The molecule has 3 aromatic heterocycles. The molecule has 5 rings (SSSR count). The van der Waals surface area contributed by atoms with Crippen LogP contribution in [0.1, 0.15) is 60.1 Å². The van der Waals surface area contributed by atoms with E-state index in [1.54, 1.807) is 39.1 Å². The molecule has 0 bridgehead atoms. The van der Waals surface area contributed by atoms with E-state index in [4.69, 9.17) is 19.4 Å². The monoisotopic (exact) mass is 690 g/mol. The van der Waals surface area contributed by atoms with Crippen LogP contribution in [-0.4, -0.2) is 68.4 Å². The fraction of sp³-hybridized carbons (Fsp3) is 0.500. The van der Waals surface area contributed by atoms with Crippen molar-refractivity contribution in [1.29, 1.82) is 0 Å². The number of nitrogens with one attached hydrogen (secondary N) is 1. The molecule has 1 saturated carbocycles. The van der Waals surface area contributed by atoms with E-state index in [-0.39, 0.29) is 24.0 Å². The van der Waals surface area contributed by atoms with Crippen LogP contribution in [0.15, 0.2) is 30.5 Å². The number of pyridine rings is 3. The number of ether oxygens (including phenoxy) is 2. The number of halogens is 2. The van der Waals surface area contributed by atoms with Gasteiger partial charge in [0.2, 0.25) is 0 Å². The Labute approximate surface area is 258 Å². The number of aromatic nitrogens is 3. The third kappa shape index (κ3) is 6.84. The van der Waals surface area contributed by atoms with Crippen molar-refractivity contribution >= 4 is 51.5 Å². The Hall–Kier alpha value is -3.29. The molecular weight excluding hydrogens is 654 g/mol. The molecular formula is C30H36FIN6O4. The highest BCUT2D eigenvalue weighted by Gasteiger charge is 2.54. The molecule has 1 spiro atoms. The van der Waals surface area contributed by atoms with Crippen molar-refractivity contribution in [3.05, 3.63) is 45.5 Å².